The van der Waals surface area contributed by atoms with E-state index >= 15 is 0 Å². The molecule has 2 aliphatic rings. The zero-order chi connectivity index (χ0) is 23.5. The van der Waals surface area contributed by atoms with E-state index in [-0.39, 0.29) is 11.9 Å². The molecule has 2 heterocycles. The molecule has 0 aliphatic carbocycles. The van der Waals surface area contributed by atoms with Gasteiger partial charge in [-0.15, -0.1) is 0 Å². The van der Waals surface area contributed by atoms with E-state index < -0.39 is 23.8 Å². The van der Waals surface area contributed by atoms with E-state index in [9.17, 15) is 14.9 Å². The second-order valence-electron chi connectivity index (χ2n) is 9.58. The Morgan fingerprint density at radius 2 is 1.88 bits per heavy atom. The van der Waals surface area contributed by atoms with Crippen LogP contribution in [0.3, 0.4) is 0 Å². The Bertz CT molecular complexity index is 925. The molecule has 0 spiro atoms. The zero-order valence-corrected chi connectivity index (χ0v) is 19.2. The van der Waals surface area contributed by atoms with Crippen molar-refractivity contribution in [3.8, 4) is 12.1 Å². The molecule has 0 N–H and O–H groups in total. The van der Waals surface area contributed by atoms with Crippen LogP contribution >= 0.6 is 0 Å². The van der Waals surface area contributed by atoms with Crippen molar-refractivity contribution in [1.29, 1.82) is 10.5 Å². The summed E-state index contributed by atoms with van der Waals surface area (Å²) < 4.78 is 5.59. The fraction of sp³-hybridized carbons (Fsp3) is 0.583. The van der Waals surface area contributed by atoms with Gasteiger partial charge in [-0.2, -0.15) is 10.5 Å². The lowest BCUT2D eigenvalue weighted by molar-refractivity contribution is -0.135. The van der Waals surface area contributed by atoms with Crippen LogP contribution in [-0.2, 0) is 16.1 Å². The Morgan fingerprint density at radius 3 is 2.47 bits per heavy atom. The van der Waals surface area contributed by atoms with E-state index in [1.807, 2.05) is 19.2 Å². The SMILES string of the molecule is CN(Cc1ccc(C#N)cc1)[C@H]1C[C@@H](C(=O)N2CCCC2C#N)N(C(=O)OC(C)(C)C)C1. The van der Waals surface area contributed by atoms with Crippen molar-refractivity contribution in [1.82, 2.24) is 14.7 Å². The largest absolute Gasteiger partial charge is 0.444 e. The summed E-state index contributed by atoms with van der Waals surface area (Å²) in [6.07, 6.45) is 1.45. The standard InChI is InChI=1S/C24H31N5O3/c1-24(2,3)32-23(31)29-16-20(27(4)15-18-9-7-17(13-25)8-10-18)12-21(29)22(30)28-11-5-6-19(28)14-26/h7-10,19-21H,5-6,11-12,15-16H2,1-4H3/t19?,20-,21-/m0/s1. The number of rotatable bonds is 4. The summed E-state index contributed by atoms with van der Waals surface area (Å²) in [5, 5.41) is 18.4. The molecule has 0 radical (unpaired) electrons. The van der Waals surface area contributed by atoms with Crippen LogP contribution in [0.1, 0.15) is 51.2 Å². The monoisotopic (exact) mass is 437 g/mol. The van der Waals surface area contributed by atoms with Gasteiger partial charge in [0.2, 0.25) is 5.91 Å². The highest BCUT2D eigenvalue weighted by molar-refractivity contribution is 5.87. The van der Waals surface area contributed by atoms with Crippen molar-refractivity contribution in [2.45, 2.75) is 70.3 Å². The first-order valence-electron chi connectivity index (χ1n) is 11.0. The number of nitrogens with zero attached hydrogens (tertiary/aromatic N) is 5. The number of likely N-dealkylation sites (tertiary alicyclic amines) is 2. The molecule has 0 saturated carbocycles. The van der Waals surface area contributed by atoms with Gasteiger partial charge >= 0.3 is 6.09 Å². The molecule has 3 atom stereocenters. The van der Waals surface area contributed by atoms with Crippen LogP contribution in [0, 0.1) is 22.7 Å². The van der Waals surface area contributed by atoms with Gasteiger partial charge in [-0.1, -0.05) is 12.1 Å². The van der Waals surface area contributed by atoms with Crippen LogP contribution in [0.2, 0.25) is 0 Å². The molecule has 170 valence electrons. The predicted molar refractivity (Wildman–Crippen MR) is 118 cm³/mol. The van der Waals surface area contributed by atoms with Crippen molar-refractivity contribution in [3.05, 3.63) is 35.4 Å². The van der Waals surface area contributed by atoms with Crippen LogP contribution in [0.5, 0.6) is 0 Å². The first kappa shape index (κ1) is 23.6. The molecule has 1 unspecified atom stereocenters. The summed E-state index contributed by atoms with van der Waals surface area (Å²) in [6.45, 7) is 6.96. The third-order valence-corrected chi connectivity index (χ3v) is 6.02. The summed E-state index contributed by atoms with van der Waals surface area (Å²) in [4.78, 5) is 31.6. The number of carbonyl (C=O) groups is 2. The van der Waals surface area contributed by atoms with E-state index in [1.54, 1.807) is 37.8 Å². The van der Waals surface area contributed by atoms with Gasteiger partial charge in [0.05, 0.1) is 17.7 Å². The number of ether oxygens (including phenoxy) is 1. The lowest BCUT2D eigenvalue weighted by atomic mass is 10.1. The van der Waals surface area contributed by atoms with Gasteiger partial charge in [0.25, 0.3) is 0 Å². The Kier molecular flexibility index (Phi) is 7.06. The fourth-order valence-corrected chi connectivity index (χ4v) is 4.35. The molecule has 8 heteroatoms. The third-order valence-electron chi connectivity index (χ3n) is 6.02. The molecular formula is C24H31N5O3. The quantitative estimate of drug-likeness (QED) is 0.718. The van der Waals surface area contributed by atoms with Gasteiger partial charge in [-0.05, 0) is 64.8 Å². The zero-order valence-electron chi connectivity index (χ0n) is 19.2. The maximum atomic E-state index is 13.4. The van der Waals surface area contributed by atoms with Gasteiger partial charge in [-0.25, -0.2) is 4.79 Å². The Balaban J connectivity index is 1.77. The summed E-state index contributed by atoms with van der Waals surface area (Å²) >= 11 is 0. The van der Waals surface area contributed by atoms with Crippen molar-refractivity contribution in [2.24, 2.45) is 0 Å². The van der Waals surface area contributed by atoms with Gasteiger partial charge in [0.1, 0.15) is 17.7 Å². The molecule has 2 saturated heterocycles. The summed E-state index contributed by atoms with van der Waals surface area (Å²) in [5.41, 5.74) is 0.992. The number of hydrogen-bond acceptors (Lipinski definition) is 6. The third kappa shape index (κ3) is 5.38. The van der Waals surface area contributed by atoms with Crippen LogP contribution in [0.25, 0.3) is 0 Å². The number of hydrogen-bond donors (Lipinski definition) is 0. The van der Waals surface area contributed by atoms with E-state index in [0.717, 1.165) is 12.0 Å². The summed E-state index contributed by atoms with van der Waals surface area (Å²) in [5.74, 6) is -0.172. The molecule has 3 rings (SSSR count). The molecule has 8 nitrogen and oxygen atoms in total. The summed E-state index contributed by atoms with van der Waals surface area (Å²) in [6, 6.07) is 10.6. The van der Waals surface area contributed by atoms with Gasteiger partial charge < -0.3 is 9.64 Å². The van der Waals surface area contributed by atoms with Crippen LogP contribution in [-0.4, -0.2) is 70.6 Å². The molecule has 2 amide bonds. The van der Waals surface area contributed by atoms with Crippen LogP contribution in [0.4, 0.5) is 4.79 Å². The molecule has 2 fully saturated rings. The molecule has 1 aromatic rings. The average molecular weight is 438 g/mol. The molecular weight excluding hydrogens is 406 g/mol. The van der Waals surface area contributed by atoms with Crippen LogP contribution < -0.4 is 0 Å². The second kappa shape index (κ2) is 9.58. The van der Waals surface area contributed by atoms with Crippen molar-refractivity contribution in [3.63, 3.8) is 0 Å². The smallest absolute Gasteiger partial charge is 0.411 e. The maximum Gasteiger partial charge on any atom is 0.411 e. The molecule has 2 aliphatic heterocycles. The minimum atomic E-state index is -0.667. The lowest BCUT2D eigenvalue weighted by Crippen LogP contribution is -2.50. The first-order chi connectivity index (χ1) is 15.1. The molecule has 1 aromatic carbocycles. The highest BCUT2D eigenvalue weighted by Crippen LogP contribution is 2.29. The summed E-state index contributed by atoms with van der Waals surface area (Å²) in [7, 11) is 1.97. The number of amides is 2. The van der Waals surface area contributed by atoms with Gasteiger partial charge in [-0.3, -0.25) is 14.6 Å². The topological polar surface area (TPSA) is 101 Å². The van der Waals surface area contributed by atoms with Crippen molar-refractivity contribution < 1.29 is 14.3 Å². The highest BCUT2D eigenvalue weighted by Gasteiger charge is 2.45. The minimum Gasteiger partial charge on any atom is -0.444 e. The average Bonchev–Trinajstić information content (AvgIpc) is 3.40. The fourth-order valence-electron chi connectivity index (χ4n) is 4.35. The van der Waals surface area contributed by atoms with E-state index in [0.29, 0.717) is 38.0 Å². The minimum absolute atomic E-state index is 0.0322. The Labute approximate surface area is 189 Å². The van der Waals surface area contributed by atoms with Crippen LogP contribution in [0.15, 0.2) is 24.3 Å². The molecule has 0 bridgehead atoms. The lowest BCUT2D eigenvalue weighted by Gasteiger charge is -2.31. The van der Waals surface area contributed by atoms with Crippen molar-refractivity contribution in [2.75, 3.05) is 20.1 Å². The number of carbonyl (C=O) groups excluding carboxylic acids is 2. The van der Waals surface area contributed by atoms with Gasteiger partial charge in [0, 0.05) is 25.7 Å². The van der Waals surface area contributed by atoms with Gasteiger partial charge in [0.15, 0.2) is 0 Å². The number of nitriles is 2. The highest BCUT2D eigenvalue weighted by atomic mass is 16.6. The Hall–Kier alpha value is -3.10. The number of likely N-dealkylation sites (N-methyl/N-ethyl adjacent to an activating group) is 1. The molecule has 0 aromatic heterocycles. The first-order valence-corrected chi connectivity index (χ1v) is 11.0. The second-order valence-corrected chi connectivity index (χ2v) is 9.58. The van der Waals surface area contributed by atoms with E-state index in [4.69, 9.17) is 10.00 Å². The van der Waals surface area contributed by atoms with E-state index in [1.165, 1.54) is 4.90 Å². The maximum absolute atomic E-state index is 13.4. The Morgan fingerprint density at radius 1 is 1.19 bits per heavy atom. The predicted octanol–water partition coefficient (Wildman–Crippen LogP) is 2.88. The van der Waals surface area contributed by atoms with E-state index in [2.05, 4.69) is 17.0 Å². The normalized spacial score (nSPS) is 23.2. The molecule has 32 heavy (non-hydrogen) atoms. The van der Waals surface area contributed by atoms with Crippen molar-refractivity contribution >= 4 is 12.0 Å². The number of benzene rings is 1.